The highest BCUT2D eigenvalue weighted by atomic mass is 19.1. The summed E-state index contributed by atoms with van der Waals surface area (Å²) < 4.78 is 42.1. The number of benzene rings is 1. The molecule has 0 radical (unpaired) electrons. The molecule has 6 heteroatoms. The molecule has 0 aliphatic heterocycles. The molecule has 0 spiro atoms. The predicted molar refractivity (Wildman–Crippen MR) is 66.7 cm³/mol. The van der Waals surface area contributed by atoms with Gasteiger partial charge in [0.05, 0.1) is 12.5 Å². The third-order valence-electron chi connectivity index (χ3n) is 2.82. The highest BCUT2D eigenvalue weighted by Crippen LogP contribution is 2.26. The van der Waals surface area contributed by atoms with Crippen molar-refractivity contribution in [2.24, 2.45) is 0 Å². The van der Waals surface area contributed by atoms with Crippen LogP contribution in [0.2, 0.25) is 0 Å². The summed E-state index contributed by atoms with van der Waals surface area (Å²) in [5, 5.41) is 0. The molecule has 3 nitrogen and oxygen atoms in total. The third kappa shape index (κ3) is 2.16. The van der Waals surface area contributed by atoms with E-state index in [0.29, 0.717) is 11.8 Å². The molecule has 0 aliphatic carbocycles. The van der Waals surface area contributed by atoms with Crippen molar-refractivity contribution >= 4 is 0 Å². The molecule has 2 aromatic heterocycles. The van der Waals surface area contributed by atoms with Crippen LogP contribution < -0.4 is 0 Å². The molecule has 0 bridgehead atoms. The van der Waals surface area contributed by atoms with Crippen LogP contribution in [-0.4, -0.2) is 14.5 Å². The lowest BCUT2D eigenvalue weighted by Gasteiger charge is -2.08. The van der Waals surface area contributed by atoms with Gasteiger partial charge in [0.1, 0.15) is 17.3 Å². The van der Waals surface area contributed by atoms with E-state index in [-0.39, 0.29) is 11.3 Å². The standard InChI is InChI=1S/C14H8F3N3/c15-9-5-13(17)14(19-7-9)11-6-10(1-2-12(11)16)20-4-3-18-8-20/h1-8H. The lowest BCUT2D eigenvalue weighted by molar-refractivity contribution is 0.573. The molecule has 0 saturated carbocycles. The zero-order chi connectivity index (χ0) is 14.1. The number of rotatable bonds is 2. The van der Waals surface area contributed by atoms with Crippen LogP contribution in [0.4, 0.5) is 13.2 Å². The number of hydrogen-bond donors (Lipinski definition) is 0. The van der Waals surface area contributed by atoms with Crippen molar-refractivity contribution in [1.29, 1.82) is 0 Å². The van der Waals surface area contributed by atoms with E-state index >= 15 is 0 Å². The number of imidazole rings is 1. The van der Waals surface area contributed by atoms with Crippen molar-refractivity contribution in [3.63, 3.8) is 0 Å². The fourth-order valence-electron chi connectivity index (χ4n) is 1.88. The maximum atomic E-state index is 13.9. The van der Waals surface area contributed by atoms with Crippen molar-refractivity contribution in [3.8, 4) is 16.9 Å². The minimum atomic E-state index is -0.910. The van der Waals surface area contributed by atoms with Gasteiger partial charge in [0.2, 0.25) is 0 Å². The summed E-state index contributed by atoms with van der Waals surface area (Å²) in [6, 6.07) is 4.84. The van der Waals surface area contributed by atoms with Gasteiger partial charge in [-0.3, -0.25) is 4.98 Å². The monoisotopic (exact) mass is 275 g/mol. The van der Waals surface area contributed by atoms with Gasteiger partial charge in [-0.2, -0.15) is 0 Å². The van der Waals surface area contributed by atoms with Gasteiger partial charge in [-0.1, -0.05) is 0 Å². The SMILES string of the molecule is Fc1cnc(-c2cc(-n3ccnc3)ccc2F)c(F)c1. The van der Waals surface area contributed by atoms with Crippen LogP contribution in [0.3, 0.4) is 0 Å². The third-order valence-corrected chi connectivity index (χ3v) is 2.82. The number of nitrogens with zero attached hydrogens (tertiary/aromatic N) is 3. The van der Waals surface area contributed by atoms with Crippen LogP contribution in [-0.2, 0) is 0 Å². The van der Waals surface area contributed by atoms with E-state index in [2.05, 4.69) is 9.97 Å². The van der Waals surface area contributed by atoms with Crippen molar-refractivity contribution in [3.05, 3.63) is 66.6 Å². The Bertz CT molecular complexity index is 754. The fourth-order valence-corrected chi connectivity index (χ4v) is 1.88. The molecule has 0 atom stereocenters. The molecule has 0 saturated heterocycles. The van der Waals surface area contributed by atoms with E-state index in [1.165, 1.54) is 24.5 Å². The minimum absolute atomic E-state index is 0.0336. The van der Waals surface area contributed by atoms with E-state index in [9.17, 15) is 13.2 Å². The van der Waals surface area contributed by atoms with Gasteiger partial charge in [0, 0.05) is 29.7 Å². The number of hydrogen-bond acceptors (Lipinski definition) is 2. The van der Waals surface area contributed by atoms with E-state index in [1.54, 1.807) is 17.0 Å². The zero-order valence-electron chi connectivity index (χ0n) is 10.1. The first-order valence-electron chi connectivity index (χ1n) is 5.74. The van der Waals surface area contributed by atoms with Gasteiger partial charge < -0.3 is 4.57 Å². The summed E-state index contributed by atoms with van der Waals surface area (Å²) in [6.07, 6.45) is 5.62. The Morgan fingerprint density at radius 3 is 2.55 bits per heavy atom. The van der Waals surface area contributed by atoms with Crippen molar-refractivity contribution in [1.82, 2.24) is 14.5 Å². The second-order valence-corrected chi connectivity index (χ2v) is 4.12. The summed E-state index contributed by atoms with van der Waals surface area (Å²) in [5.41, 5.74) is 0.337. The average Bonchev–Trinajstić information content (AvgIpc) is 2.94. The molecule has 20 heavy (non-hydrogen) atoms. The van der Waals surface area contributed by atoms with Gasteiger partial charge in [-0.15, -0.1) is 0 Å². The van der Waals surface area contributed by atoms with Crippen LogP contribution in [0, 0.1) is 17.5 Å². The lowest BCUT2D eigenvalue weighted by Crippen LogP contribution is -1.97. The van der Waals surface area contributed by atoms with Gasteiger partial charge in [0.25, 0.3) is 0 Å². The Hall–Kier alpha value is -2.63. The topological polar surface area (TPSA) is 30.7 Å². The van der Waals surface area contributed by atoms with E-state index < -0.39 is 17.5 Å². The smallest absolute Gasteiger partial charge is 0.152 e. The summed E-state index contributed by atoms with van der Waals surface area (Å²) in [4.78, 5) is 7.50. The molecule has 1 aromatic carbocycles. The van der Waals surface area contributed by atoms with Crippen LogP contribution in [0.1, 0.15) is 0 Å². The Labute approximate surface area is 112 Å². The molecule has 100 valence electrons. The molecule has 0 amide bonds. The molecular weight excluding hydrogens is 267 g/mol. The molecular formula is C14H8F3N3. The molecule has 0 N–H and O–H groups in total. The normalized spacial score (nSPS) is 10.8. The second-order valence-electron chi connectivity index (χ2n) is 4.12. The first kappa shape index (κ1) is 12.4. The maximum absolute atomic E-state index is 13.9. The van der Waals surface area contributed by atoms with Gasteiger partial charge in [-0.05, 0) is 18.2 Å². The second kappa shape index (κ2) is 4.80. The first-order chi connectivity index (χ1) is 9.65. The fraction of sp³-hybridized carbons (Fsp3) is 0. The largest absolute Gasteiger partial charge is 0.306 e. The maximum Gasteiger partial charge on any atom is 0.152 e. The van der Waals surface area contributed by atoms with Gasteiger partial charge in [0.15, 0.2) is 5.82 Å². The van der Waals surface area contributed by atoms with E-state index in [4.69, 9.17) is 0 Å². The van der Waals surface area contributed by atoms with Crippen LogP contribution in [0.5, 0.6) is 0 Å². The van der Waals surface area contributed by atoms with Gasteiger partial charge in [-0.25, -0.2) is 18.2 Å². The summed E-state index contributed by atoms with van der Waals surface area (Å²) in [5.74, 6) is -2.35. The van der Waals surface area contributed by atoms with Crippen LogP contribution in [0.15, 0.2) is 49.2 Å². The van der Waals surface area contributed by atoms with Crippen molar-refractivity contribution in [2.75, 3.05) is 0 Å². The first-order valence-corrected chi connectivity index (χ1v) is 5.74. The highest BCUT2D eigenvalue weighted by molar-refractivity contribution is 5.63. The highest BCUT2D eigenvalue weighted by Gasteiger charge is 2.14. The Morgan fingerprint density at radius 2 is 1.85 bits per heavy atom. The number of pyridine rings is 1. The van der Waals surface area contributed by atoms with Crippen molar-refractivity contribution < 1.29 is 13.2 Å². The summed E-state index contributed by atoms with van der Waals surface area (Å²) >= 11 is 0. The summed E-state index contributed by atoms with van der Waals surface area (Å²) in [6.45, 7) is 0. The Balaban J connectivity index is 2.15. The molecule has 0 fully saturated rings. The minimum Gasteiger partial charge on any atom is -0.306 e. The van der Waals surface area contributed by atoms with E-state index in [0.717, 1.165) is 6.20 Å². The molecule has 0 unspecified atom stereocenters. The predicted octanol–water partition coefficient (Wildman–Crippen LogP) is 3.35. The number of aromatic nitrogens is 3. The Morgan fingerprint density at radius 1 is 1.00 bits per heavy atom. The lowest BCUT2D eigenvalue weighted by atomic mass is 10.1. The molecule has 3 aromatic rings. The van der Waals surface area contributed by atoms with Crippen LogP contribution in [0.25, 0.3) is 16.9 Å². The molecule has 0 aliphatic rings. The van der Waals surface area contributed by atoms with E-state index in [1.807, 2.05) is 0 Å². The number of halogens is 3. The Kier molecular flexibility index (Phi) is 2.98. The van der Waals surface area contributed by atoms with Gasteiger partial charge >= 0.3 is 0 Å². The molecule has 3 rings (SSSR count). The quantitative estimate of drug-likeness (QED) is 0.718. The average molecular weight is 275 g/mol. The van der Waals surface area contributed by atoms with Crippen LogP contribution >= 0.6 is 0 Å². The van der Waals surface area contributed by atoms with Crippen molar-refractivity contribution in [2.45, 2.75) is 0 Å². The zero-order valence-corrected chi connectivity index (χ0v) is 10.1. The summed E-state index contributed by atoms with van der Waals surface area (Å²) in [7, 11) is 0. The molecule has 2 heterocycles.